The highest BCUT2D eigenvalue weighted by atomic mass is 32.2. The minimum atomic E-state index is -3.36. The zero-order chi connectivity index (χ0) is 14.4. The lowest BCUT2D eigenvalue weighted by Crippen LogP contribution is -2.27. The van der Waals surface area contributed by atoms with Crippen molar-refractivity contribution in [2.24, 2.45) is 0 Å². The summed E-state index contributed by atoms with van der Waals surface area (Å²) in [7, 11) is -3.36. The Kier molecular flexibility index (Phi) is 4.76. The van der Waals surface area contributed by atoms with Gasteiger partial charge in [0.15, 0.2) is 0 Å². The normalized spacial score (nSPS) is 11.4. The molecule has 3 N–H and O–H groups in total. The molecule has 20 heavy (non-hydrogen) atoms. The smallest absolute Gasteiger partial charge is 0.215 e. The lowest BCUT2D eigenvalue weighted by molar-refractivity contribution is 0.581. The van der Waals surface area contributed by atoms with Gasteiger partial charge in [0.25, 0.3) is 0 Å². The van der Waals surface area contributed by atoms with E-state index >= 15 is 0 Å². The van der Waals surface area contributed by atoms with Crippen LogP contribution in [-0.4, -0.2) is 15.0 Å². The zero-order valence-electron chi connectivity index (χ0n) is 11.1. The molecule has 0 aromatic heterocycles. The first-order valence-corrected chi connectivity index (χ1v) is 8.07. The second-order valence-corrected chi connectivity index (χ2v) is 6.39. The Morgan fingerprint density at radius 3 is 2.30 bits per heavy atom. The van der Waals surface area contributed by atoms with Gasteiger partial charge in [0, 0.05) is 12.2 Å². The third kappa shape index (κ3) is 4.36. The molecule has 0 aliphatic carbocycles. The van der Waals surface area contributed by atoms with Gasteiger partial charge >= 0.3 is 0 Å². The van der Waals surface area contributed by atoms with E-state index in [9.17, 15) is 8.42 Å². The number of nitrogen functional groups attached to an aromatic ring is 1. The first-order valence-electron chi connectivity index (χ1n) is 6.41. The van der Waals surface area contributed by atoms with Gasteiger partial charge in [-0.3, -0.25) is 0 Å². The fraction of sp³-hybridized carbons (Fsp3) is 0.200. The molecule has 2 aromatic rings. The van der Waals surface area contributed by atoms with Crippen molar-refractivity contribution in [2.45, 2.75) is 12.2 Å². The van der Waals surface area contributed by atoms with Gasteiger partial charge < -0.3 is 5.73 Å². The van der Waals surface area contributed by atoms with Crippen molar-refractivity contribution in [2.75, 3.05) is 12.3 Å². The molecule has 0 spiro atoms. The maximum absolute atomic E-state index is 12.0. The predicted molar refractivity (Wildman–Crippen MR) is 81.6 cm³/mol. The van der Waals surface area contributed by atoms with Gasteiger partial charge in [-0.2, -0.15) is 0 Å². The third-order valence-electron chi connectivity index (χ3n) is 2.98. The average Bonchev–Trinajstić information content (AvgIpc) is 2.42. The number of hydrogen-bond donors (Lipinski definition) is 2. The van der Waals surface area contributed by atoms with Gasteiger partial charge in [0.1, 0.15) is 0 Å². The molecular weight excluding hydrogens is 272 g/mol. The molecule has 106 valence electrons. The molecule has 0 bridgehead atoms. The second kappa shape index (κ2) is 6.54. The summed E-state index contributed by atoms with van der Waals surface area (Å²) in [4.78, 5) is 0. The standard InChI is InChI=1S/C15H18N2O2S/c16-15-9-5-4-8-14(15)12-20(18,19)17-11-10-13-6-2-1-3-7-13/h1-9,17H,10-12,16H2. The van der Waals surface area contributed by atoms with Gasteiger partial charge in [0.05, 0.1) is 5.75 Å². The number of para-hydroxylation sites is 1. The Bertz CT molecular complexity index is 655. The minimum Gasteiger partial charge on any atom is -0.398 e. The van der Waals surface area contributed by atoms with Crippen molar-refractivity contribution in [1.82, 2.24) is 4.72 Å². The van der Waals surface area contributed by atoms with Crippen LogP contribution in [0.2, 0.25) is 0 Å². The van der Waals surface area contributed by atoms with Gasteiger partial charge in [-0.05, 0) is 23.6 Å². The molecule has 5 heteroatoms. The molecule has 2 rings (SSSR count). The van der Waals surface area contributed by atoms with Crippen LogP contribution in [0.1, 0.15) is 11.1 Å². The fourth-order valence-electron chi connectivity index (χ4n) is 1.92. The van der Waals surface area contributed by atoms with Crippen LogP contribution in [0.3, 0.4) is 0 Å². The van der Waals surface area contributed by atoms with Crippen LogP contribution in [0.15, 0.2) is 54.6 Å². The van der Waals surface area contributed by atoms with Gasteiger partial charge in [-0.15, -0.1) is 0 Å². The highest BCUT2D eigenvalue weighted by Crippen LogP contribution is 2.13. The largest absolute Gasteiger partial charge is 0.398 e. The van der Waals surface area contributed by atoms with E-state index in [1.54, 1.807) is 24.3 Å². The quantitative estimate of drug-likeness (QED) is 0.799. The summed E-state index contributed by atoms with van der Waals surface area (Å²) in [5.41, 5.74) is 7.99. The van der Waals surface area contributed by atoms with Gasteiger partial charge in [-0.25, -0.2) is 13.1 Å². The second-order valence-electron chi connectivity index (χ2n) is 4.59. The number of rotatable bonds is 6. The molecular formula is C15H18N2O2S. The molecule has 0 radical (unpaired) electrons. The summed E-state index contributed by atoms with van der Waals surface area (Å²) in [6, 6.07) is 16.8. The number of nitrogens with one attached hydrogen (secondary N) is 1. The molecule has 0 saturated carbocycles. The summed E-state index contributed by atoms with van der Waals surface area (Å²) in [5, 5.41) is 0. The highest BCUT2D eigenvalue weighted by Gasteiger charge is 2.12. The van der Waals surface area contributed by atoms with Crippen LogP contribution in [0, 0.1) is 0 Å². The number of hydrogen-bond acceptors (Lipinski definition) is 3. The molecule has 0 fully saturated rings. The third-order valence-corrected chi connectivity index (χ3v) is 4.31. The molecule has 0 atom stereocenters. The number of nitrogens with two attached hydrogens (primary N) is 1. The van der Waals surface area contributed by atoms with Crippen molar-refractivity contribution in [3.8, 4) is 0 Å². The van der Waals surface area contributed by atoms with Crippen molar-refractivity contribution in [1.29, 1.82) is 0 Å². The van der Waals surface area contributed by atoms with E-state index in [2.05, 4.69) is 4.72 Å². The molecule has 0 saturated heterocycles. The lowest BCUT2D eigenvalue weighted by atomic mass is 10.2. The van der Waals surface area contributed by atoms with Crippen LogP contribution in [-0.2, 0) is 22.2 Å². The summed E-state index contributed by atoms with van der Waals surface area (Å²) in [6.07, 6.45) is 0.671. The topological polar surface area (TPSA) is 72.2 Å². The van der Waals surface area contributed by atoms with E-state index < -0.39 is 10.0 Å². The Morgan fingerprint density at radius 1 is 0.950 bits per heavy atom. The van der Waals surface area contributed by atoms with Crippen LogP contribution in [0.4, 0.5) is 5.69 Å². The summed E-state index contributed by atoms with van der Waals surface area (Å²) < 4.78 is 26.6. The Labute approximate surface area is 119 Å². The molecule has 4 nitrogen and oxygen atoms in total. The van der Waals surface area contributed by atoms with Crippen LogP contribution >= 0.6 is 0 Å². The van der Waals surface area contributed by atoms with E-state index in [4.69, 9.17) is 5.73 Å². The SMILES string of the molecule is Nc1ccccc1CS(=O)(=O)NCCc1ccccc1. The number of sulfonamides is 1. The molecule has 0 heterocycles. The first kappa shape index (κ1) is 14.6. The van der Waals surface area contributed by atoms with Crippen molar-refractivity contribution >= 4 is 15.7 Å². The van der Waals surface area contributed by atoms with E-state index in [1.807, 2.05) is 30.3 Å². The van der Waals surface area contributed by atoms with Gasteiger partial charge in [0.2, 0.25) is 10.0 Å². The van der Waals surface area contributed by atoms with E-state index in [-0.39, 0.29) is 5.75 Å². The number of anilines is 1. The Hall–Kier alpha value is -1.85. The van der Waals surface area contributed by atoms with E-state index in [0.29, 0.717) is 24.2 Å². The van der Waals surface area contributed by atoms with Crippen LogP contribution < -0.4 is 10.5 Å². The fourth-order valence-corrected chi connectivity index (χ4v) is 3.10. The molecule has 2 aromatic carbocycles. The molecule has 0 unspecified atom stereocenters. The Balaban J connectivity index is 1.90. The van der Waals surface area contributed by atoms with Gasteiger partial charge in [-0.1, -0.05) is 48.5 Å². The predicted octanol–water partition coefficient (Wildman–Crippen LogP) is 1.93. The zero-order valence-corrected chi connectivity index (χ0v) is 11.9. The summed E-state index contributed by atoms with van der Waals surface area (Å²) in [6.45, 7) is 0.388. The summed E-state index contributed by atoms with van der Waals surface area (Å²) >= 11 is 0. The highest BCUT2D eigenvalue weighted by molar-refractivity contribution is 7.88. The minimum absolute atomic E-state index is 0.0888. The maximum Gasteiger partial charge on any atom is 0.215 e. The molecule has 0 aliphatic rings. The van der Waals surface area contributed by atoms with Crippen molar-refractivity contribution < 1.29 is 8.42 Å². The summed E-state index contributed by atoms with van der Waals surface area (Å²) in [5.74, 6) is -0.0888. The molecule has 0 aliphatic heterocycles. The first-order chi connectivity index (χ1) is 9.57. The lowest BCUT2D eigenvalue weighted by Gasteiger charge is -2.08. The van der Waals surface area contributed by atoms with Crippen molar-refractivity contribution in [3.05, 3.63) is 65.7 Å². The monoisotopic (exact) mass is 290 g/mol. The number of benzene rings is 2. The van der Waals surface area contributed by atoms with E-state index in [0.717, 1.165) is 5.56 Å². The van der Waals surface area contributed by atoms with Crippen molar-refractivity contribution in [3.63, 3.8) is 0 Å². The molecule has 0 amide bonds. The Morgan fingerprint density at radius 2 is 1.60 bits per heavy atom. The average molecular weight is 290 g/mol. The van der Waals surface area contributed by atoms with E-state index in [1.165, 1.54) is 0 Å². The van der Waals surface area contributed by atoms with Crippen LogP contribution in [0.5, 0.6) is 0 Å². The maximum atomic E-state index is 12.0. The van der Waals surface area contributed by atoms with Crippen LogP contribution in [0.25, 0.3) is 0 Å².